The van der Waals surface area contributed by atoms with Crippen LogP contribution in [0.5, 0.6) is 0 Å². The van der Waals surface area contributed by atoms with Gasteiger partial charge in [-0.2, -0.15) is 5.10 Å². The zero-order valence-corrected chi connectivity index (χ0v) is 14.8. The molecule has 7 heteroatoms. The number of benzene rings is 2. The lowest BCUT2D eigenvalue weighted by Crippen LogP contribution is -2.28. The summed E-state index contributed by atoms with van der Waals surface area (Å²) in [5, 5.41) is 16.6. The first-order valence-electron chi connectivity index (χ1n) is 9.04. The number of amides is 2. The van der Waals surface area contributed by atoms with Gasteiger partial charge in [-0.25, -0.2) is 0 Å². The van der Waals surface area contributed by atoms with E-state index in [1.54, 1.807) is 0 Å². The van der Waals surface area contributed by atoms with Gasteiger partial charge in [0.2, 0.25) is 5.91 Å². The van der Waals surface area contributed by atoms with Gasteiger partial charge in [-0.3, -0.25) is 14.7 Å². The monoisotopic (exact) mass is 363 g/mol. The van der Waals surface area contributed by atoms with Crippen LogP contribution >= 0.6 is 0 Å². The summed E-state index contributed by atoms with van der Waals surface area (Å²) in [6.07, 6.45) is 1.21. The third kappa shape index (κ3) is 3.83. The normalized spacial score (nSPS) is 13.2. The van der Waals surface area contributed by atoms with Gasteiger partial charge in [0.25, 0.3) is 5.91 Å². The summed E-state index contributed by atoms with van der Waals surface area (Å²) < 4.78 is 0. The Morgan fingerprint density at radius 1 is 1.11 bits per heavy atom. The average Bonchev–Trinajstić information content (AvgIpc) is 3.12. The summed E-state index contributed by atoms with van der Waals surface area (Å²) in [7, 11) is 0. The van der Waals surface area contributed by atoms with E-state index in [0.717, 1.165) is 36.1 Å². The van der Waals surface area contributed by atoms with E-state index in [-0.39, 0.29) is 24.8 Å². The third-order valence-electron chi connectivity index (χ3n) is 4.70. The Hall–Kier alpha value is -3.19. The summed E-state index contributed by atoms with van der Waals surface area (Å²) >= 11 is 0. The molecule has 1 aliphatic rings. The molecule has 0 atom stereocenters. The van der Waals surface area contributed by atoms with E-state index in [0.29, 0.717) is 5.69 Å². The van der Waals surface area contributed by atoms with Crippen LogP contribution in [0.15, 0.2) is 42.5 Å². The lowest BCUT2D eigenvalue weighted by molar-refractivity contribution is -0.116. The molecule has 2 heterocycles. The van der Waals surface area contributed by atoms with Crippen molar-refractivity contribution in [2.45, 2.75) is 19.4 Å². The summed E-state index contributed by atoms with van der Waals surface area (Å²) in [5.74, 6) is -0.425. The van der Waals surface area contributed by atoms with Crippen molar-refractivity contribution in [2.75, 3.05) is 18.4 Å². The second-order valence-corrected chi connectivity index (χ2v) is 6.58. The molecule has 1 aliphatic heterocycles. The molecule has 0 spiro atoms. The number of nitrogens with zero attached hydrogens (tertiary/aromatic N) is 1. The number of carbonyl (C=O) groups is 2. The van der Waals surface area contributed by atoms with E-state index >= 15 is 0 Å². The first kappa shape index (κ1) is 17.2. The fourth-order valence-corrected chi connectivity index (χ4v) is 3.29. The van der Waals surface area contributed by atoms with Crippen LogP contribution in [-0.4, -0.2) is 35.1 Å². The number of para-hydroxylation sites is 1. The third-order valence-corrected chi connectivity index (χ3v) is 4.70. The topological polar surface area (TPSA) is 98.9 Å². The van der Waals surface area contributed by atoms with Crippen molar-refractivity contribution < 1.29 is 9.59 Å². The van der Waals surface area contributed by atoms with Crippen LogP contribution in [0.3, 0.4) is 0 Å². The van der Waals surface area contributed by atoms with Gasteiger partial charge in [0.05, 0.1) is 5.52 Å². The van der Waals surface area contributed by atoms with Gasteiger partial charge in [-0.15, -0.1) is 0 Å². The first-order valence-corrected chi connectivity index (χ1v) is 9.04. The fraction of sp³-hybridized carbons (Fsp3) is 0.250. The Kier molecular flexibility index (Phi) is 4.84. The Morgan fingerprint density at radius 2 is 2.00 bits per heavy atom. The predicted molar refractivity (Wildman–Crippen MR) is 104 cm³/mol. The van der Waals surface area contributed by atoms with E-state index in [1.165, 1.54) is 11.1 Å². The molecule has 27 heavy (non-hydrogen) atoms. The second-order valence-electron chi connectivity index (χ2n) is 6.58. The molecule has 0 bridgehead atoms. The molecular weight excluding hydrogens is 342 g/mol. The molecule has 4 N–H and O–H groups in total. The van der Waals surface area contributed by atoms with Crippen molar-refractivity contribution in [1.82, 2.24) is 20.8 Å². The standard InChI is InChI=1S/C20H21N5O2/c26-18(23-15-6-5-13-7-9-21-12-14(13)11-15)8-10-22-20(27)19-16-3-1-2-4-17(16)24-25-19/h1-6,11,21H,7-10,12H2,(H,22,27)(H,23,26)(H,24,25). The Bertz CT molecular complexity index is 995. The van der Waals surface area contributed by atoms with Crippen LogP contribution in [0.25, 0.3) is 10.9 Å². The van der Waals surface area contributed by atoms with E-state index in [9.17, 15) is 9.59 Å². The number of H-pyrrole nitrogens is 1. The Labute approximate surface area is 156 Å². The molecule has 0 saturated heterocycles. The minimum Gasteiger partial charge on any atom is -0.350 e. The van der Waals surface area contributed by atoms with Crippen LogP contribution < -0.4 is 16.0 Å². The zero-order chi connectivity index (χ0) is 18.6. The molecule has 2 aromatic carbocycles. The predicted octanol–water partition coefficient (Wildman–Crippen LogP) is 1.97. The van der Waals surface area contributed by atoms with E-state index in [4.69, 9.17) is 0 Å². The van der Waals surface area contributed by atoms with E-state index in [1.807, 2.05) is 36.4 Å². The van der Waals surface area contributed by atoms with Crippen molar-refractivity contribution in [3.05, 3.63) is 59.3 Å². The zero-order valence-electron chi connectivity index (χ0n) is 14.8. The maximum atomic E-state index is 12.3. The van der Waals surface area contributed by atoms with Gasteiger partial charge in [-0.05, 0) is 42.3 Å². The smallest absolute Gasteiger partial charge is 0.272 e. The highest BCUT2D eigenvalue weighted by Crippen LogP contribution is 2.19. The van der Waals surface area contributed by atoms with Crippen molar-refractivity contribution >= 4 is 28.4 Å². The van der Waals surface area contributed by atoms with Crippen LogP contribution in [0, 0.1) is 0 Å². The van der Waals surface area contributed by atoms with Crippen molar-refractivity contribution in [3.8, 4) is 0 Å². The number of fused-ring (bicyclic) bond motifs is 2. The maximum absolute atomic E-state index is 12.3. The number of aromatic nitrogens is 2. The maximum Gasteiger partial charge on any atom is 0.272 e. The summed E-state index contributed by atoms with van der Waals surface area (Å²) in [5.41, 5.74) is 4.48. The summed E-state index contributed by atoms with van der Waals surface area (Å²) in [4.78, 5) is 24.4. The molecule has 2 amide bonds. The number of aromatic amines is 1. The SMILES string of the molecule is O=C(CCNC(=O)c1n[nH]c2ccccc12)Nc1ccc2c(c1)CNCC2. The van der Waals surface area contributed by atoms with Gasteiger partial charge in [-0.1, -0.05) is 24.3 Å². The lowest BCUT2D eigenvalue weighted by atomic mass is 10.0. The average molecular weight is 363 g/mol. The fourth-order valence-electron chi connectivity index (χ4n) is 3.29. The van der Waals surface area contributed by atoms with Crippen molar-refractivity contribution in [2.24, 2.45) is 0 Å². The van der Waals surface area contributed by atoms with E-state index < -0.39 is 0 Å². The van der Waals surface area contributed by atoms with Crippen LogP contribution in [0.4, 0.5) is 5.69 Å². The molecule has 0 radical (unpaired) electrons. The van der Waals surface area contributed by atoms with E-state index in [2.05, 4.69) is 32.2 Å². The number of carbonyl (C=O) groups excluding carboxylic acids is 2. The highest BCUT2D eigenvalue weighted by atomic mass is 16.2. The number of hydrogen-bond donors (Lipinski definition) is 4. The van der Waals surface area contributed by atoms with Gasteiger partial charge >= 0.3 is 0 Å². The van der Waals surface area contributed by atoms with Gasteiger partial charge in [0.1, 0.15) is 0 Å². The molecule has 3 aromatic rings. The minimum absolute atomic E-state index is 0.133. The van der Waals surface area contributed by atoms with Crippen LogP contribution in [-0.2, 0) is 17.8 Å². The second kappa shape index (κ2) is 7.59. The van der Waals surface area contributed by atoms with Gasteiger partial charge < -0.3 is 16.0 Å². The quantitative estimate of drug-likeness (QED) is 0.557. The number of rotatable bonds is 5. The largest absolute Gasteiger partial charge is 0.350 e. The highest BCUT2D eigenvalue weighted by Gasteiger charge is 2.14. The van der Waals surface area contributed by atoms with Crippen molar-refractivity contribution in [1.29, 1.82) is 0 Å². The van der Waals surface area contributed by atoms with Crippen molar-refractivity contribution in [3.63, 3.8) is 0 Å². The molecule has 0 fully saturated rings. The molecule has 0 saturated carbocycles. The molecule has 138 valence electrons. The molecule has 0 aliphatic carbocycles. The van der Waals surface area contributed by atoms with Crippen LogP contribution in [0.2, 0.25) is 0 Å². The summed E-state index contributed by atoms with van der Waals surface area (Å²) in [6, 6.07) is 13.4. The summed E-state index contributed by atoms with van der Waals surface area (Å²) in [6.45, 7) is 2.06. The lowest BCUT2D eigenvalue weighted by Gasteiger charge is -2.18. The first-order chi connectivity index (χ1) is 13.2. The van der Waals surface area contributed by atoms with Crippen LogP contribution in [0.1, 0.15) is 28.0 Å². The molecule has 7 nitrogen and oxygen atoms in total. The van der Waals surface area contributed by atoms with Gasteiger partial charge in [0.15, 0.2) is 5.69 Å². The Balaban J connectivity index is 1.30. The molecule has 4 rings (SSSR count). The van der Waals surface area contributed by atoms with Gasteiger partial charge in [0, 0.05) is 30.6 Å². The number of anilines is 1. The molecular formula is C20H21N5O2. The molecule has 1 aromatic heterocycles. The molecule has 0 unspecified atom stereocenters. The minimum atomic E-state index is -0.292. The Morgan fingerprint density at radius 3 is 2.93 bits per heavy atom. The highest BCUT2D eigenvalue weighted by molar-refractivity contribution is 6.04. The number of nitrogens with one attached hydrogen (secondary N) is 4. The number of hydrogen-bond acceptors (Lipinski definition) is 4.